The number of hydrogen-bond donors (Lipinski definition) is 1. The van der Waals surface area contributed by atoms with Crippen LogP contribution in [0.4, 0.5) is 10.1 Å². The number of amides is 1. The molecule has 0 aliphatic carbocycles. The molecule has 0 heterocycles. The Hall–Kier alpha value is -3.29. The third-order valence-electron chi connectivity index (χ3n) is 4.93. The van der Waals surface area contributed by atoms with Gasteiger partial charge in [0.05, 0.1) is 12.5 Å². The molecule has 1 atom stereocenters. The van der Waals surface area contributed by atoms with Gasteiger partial charge in [-0.2, -0.15) is 9.98 Å². The number of hydrogen-bond acceptors (Lipinski definition) is 6. The molecule has 0 aliphatic rings. The molecule has 1 N–H and O–H groups in total. The maximum absolute atomic E-state index is 14.0. The van der Waals surface area contributed by atoms with Crippen molar-refractivity contribution in [1.29, 1.82) is 5.26 Å². The first-order chi connectivity index (χ1) is 16.0. The van der Waals surface area contributed by atoms with Gasteiger partial charge in [0, 0.05) is 12.2 Å². The second-order valence-corrected chi connectivity index (χ2v) is 9.86. The Morgan fingerprint density at radius 3 is 2.32 bits per heavy atom. The molecule has 0 aliphatic heterocycles. The molecule has 0 unspecified atom stereocenters. The van der Waals surface area contributed by atoms with Crippen LogP contribution in [0.3, 0.4) is 0 Å². The molecule has 0 bridgehead atoms. The number of nitrogens with one attached hydrogen (secondary N) is 1. The van der Waals surface area contributed by atoms with Gasteiger partial charge in [0.25, 0.3) is 5.91 Å². The van der Waals surface area contributed by atoms with Crippen LogP contribution in [0.5, 0.6) is 0 Å². The molecule has 0 spiro atoms. The minimum atomic E-state index is -4.36. The summed E-state index contributed by atoms with van der Waals surface area (Å²) in [5, 5.41) is 8.96. The molecule has 1 amide bonds. The number of aryl methyl sites for hydroxylation is 2. The van der Waals surface area contributed by atoms with E-state index in [1.54, 1.807) is 26.0 Å². The van der Waals surface area contributed by atoms with Crippen LogP contribution in [0.2, 0.25) is 0 Å². The summed E-state index contributed by atoms with van der Waals surface area (Å²) in [6, 6.07) is 10.9. The number of nitrogens with zero attached hydrogens (tertiary/aromatic N) is 2. The van der Waals surface area contributed by atoms with Crippen LogP contribution in [0.1, 0.15) is 31.4 Å². The van der Waals surface area contributed by atoms with Crippen molar-refractivity contribution in [3.63, 3.8) is 0 Å². The van der Waals surface area contributed by atoms with Crippen LogP contribution in [0, 0.1) is 36.9 Å². The van der Waals surface area contributed by atoms with Crippen molar-refractivity contribution >= 4 is 27.6 Å². The highest BCUT2D eigenvalue weighted by atomic mass is 32.2. The molecular weight excluding hydrogens is 461 g/mol. The molecule has 34 heavy (non-hydrogen) atoms. The fourth-order valence-corrected chi connectivity index (χ4v) is 4.73. The van der Waals surface area contributed by atoms with Gasteiger partial charge in [-0.15, -0.1) is 0 Å². The van der Waals surface area contributed by atoms with E-state index in [9.17, 15) is 22.4 Å². The number of anilines is 1. The Balaban J connectivity index is 2.17. The Kier molecular flexibility index (Phi) is 9.29. The van der Waals surface area contributed by atoms with E-state index in [1.165, 1.54) is 17.0 Å². The highest BCUT2D eigenvalue weighted by Gasteiger charge is 2.31. The summed E-state index contributed by atoms with van der Waals surface area (Å²) in [7, 11) is -4.36. The topological polar surface area (TPSA) is 117 Å². The molecule has 0 aromatic heterocycles. The summed E-state index contributed by atoms with van der Waals surface area (Å²) in [4.78, 5) is 26.3. The fraction of sp³-hybridized carbons (Fsp3) is 0.375. The van der Waals surface area contributed by atoms with E-state index >= 15 is 0 Å². The lowest BCUT2D eigenvalue weighted by molar-refractivity contribution is -0.150. The molecule has 8 nitrogen and oxygen atoms in total. The second kappa shape index (κ2) is 11.7. The zero-order valence-electron chi connectivity index (χ0n) is 19.5. The summed E-state index contributed by atoms with van der Waals surface area (Å²) < 4.78 is 46.6. The zero-order chi connectivity index (χ0) is 25.5. The standard InChI is InChI=1S/C24H28FN3O5S/c1-16(2)23(27-34(31,32)21-9-6-5-8-20(21)25)24(30)33-15-22(29)28(11-7-10-26)19-13-17(3)12-18(4)14-19/h5-6,8-9,12-14,16,23,27H,7,11,15H2,1-4H3/t23-/m0/s1. The molecule has 2 rings (SSSR count). The number of benzene rings is 2. The van der Waals surface area contributed by atoms with Gasteiger partial charge in [0.2, 0.25) is 10.0 Å². The summed E-state index contributed by atoms with van der Waals surface area (Å²) in [5.74, 6) is -3.03. The molecule has 182 valence electrons. The van der Waals surface area contributed by atoms with Gasteiger partial charge in [0.1, 0.15) is 16.8 Å². The van der Waals surface area contributed by atoms with Crippen LogP contribution >= 0.6 is 0 Å². The van der Waals surface area contributed by atoms with Gasteiger partial charge >= 0.3 is 5.97 Å². The maximum atomic E-state index is 14.0. The number of ether oxygens (including phenoxy) is 1. The normalized spacial score (nSPS) is 12.1. The third-order valence-corrected chi connectivity index (χ3v) is 6.41. The first-order valence-electron chi connectivity index (χ1n) is 10.7. The Morgan fingerprint density at radius 2 is 1.76 bits per heavy atom. The Bertz CT molecular complexity index is 1170. The number of carbonyl (C=O) groups excluding carboxylic acids is 2. The van der Waals surface area contributed by atoms with E-state index in [1.807, 2.05) is 26.0 Å². The monoisotopic (exact) mass is 489 g/mol. The van der Waals surface area contributed by atoms with E-state index in [0.717, 1.165) is 23.3 Å². The lowest BCUT2D eigenvalue weighted by Crippen LogP contribution is -2.46. The highest BCUT2D eigenvalue weighted by molar-refractivity contribution is 7.89. The summed E-state index contributed by atoms with van der Waals surface area (Å²) in [5.41, 5.74) is 2.41. The molecule has 0 saturated carbocycles. The largest absolute Gasteiger partial charge is 0.454 e. The lowest BCUT2D eigenvalue weighted by atomic mass is 10.1. The average Bonchev–Trinajstić information content (AvgIpc) is 2.75. The Labute approximate surface area is 199 Å². The molecule has 0 saturated heterocycles. The SMILES string of the molecule is Cc1cc(C)cc(N(CCC#N)C(=O)COC(=O)[C@@H](NS(=O)(=O)c2ccccc2F)C(C)C)c1. The second-order valence-electron chi connectivity index (χ2n) is 8.18. The summed E-state index contributed by atoms with van der Waals surface area (Å²) in [6.45, 7) is 6.38. The van der Waals surface area contributed by atoms with E-state index in [-0.39, 0.29) is 13.0 Å². The van der Waals surface area contributed by atoms with E-state index in [4.69, 9.17) is 10.00 Å². The van der Waals surface area contributed by atoms with Gasteiger partial charge < -0.3 is 9.64 Å². The van der Waals surface area contributed by atoms with Gasteiger partial charge in [-0.05, 0) is 55.2 Å². The zero-order valence-corrected chi connectivity index (χ0v) is 20.4. The van der Waals surface area contributed by atoms with Crippen LogP contribution in [-0.2, 0) is 24.3 Å². The van der Waals surface area contributed by atoms with Crippen LogP contribution in [0.25, 0.3) is 0 Å². The van der Waals surface area contributed by atoms with Gasteiger partial charge in [-0.25, -0.2) is 12.8 Å². The van der Waals surface area contributed by atoms with Crippen LogP contribution in [0.15, 0.2) is 47.4 Å². The van der Waals surface area contributed by atoms with Crippen molar-refractivity contribution in [3.8, 4) is 6.07 Å². The molecule has 0 fully saturated rings. The van der Waals surface area contributed by atoms with Crippen molar-refractivity contribution < 1.29 is 27.1 Å². The van der Waals surface area contributed by atoms with Crippen molar-refractivity contribution in [2.75, 3.05) is 18.1 Å². The number of halogens is 1. The minimum Gasteiger partial charge on any atom is -0.454 e. The van der Waals surface area contributed by atoms with Crippen molar-refractivity contribution in [2.24, 2.45) is 5.92 Å². The Morgan fingerprint density at radius 1 is 1.15 bits per heavy atom. The summed E-state index contributed by atoms with van der Waals surface area (Å²) in [6.07, 6.45) is 0.0731. The number of rotatable bonds is 10. The number of esters is 1. The fourth-order valence-electron chi connectivity index (χ4n) is 3.32. The van der Waals surface area contributed by atoms with Gasteiger partial charge in [-0.1, -0.05) is 32.0 Å². The maximum Gasteiger partial charge on any atom is 0.324 e. The predicted molar refractivity (Wildman–Crippen MR) is 125 cm³/mol. The average molecular weight is 490 g/mol. The quantitative estimate of drug-likeness (QED) is 0.512. The third kappa shape index (κ3) is 7.10. The van der Waals surface area contributed by atoms with E-state index in [0.29, 0.717) is 5.69 Å². The van der Waals surface area contributed by atoms with E-state index < -0.39 is 51.2 Å². The van der Waals surface area contributed by atoms with Gasteiger partial charge in [-0.3, -0.25) is 9.59 Å². The molecular formula is C24H28FN3O5S. The van der Waals surface area contributed by atoms with Gasteiger partial charge in [0.15, 0.2) is 6.61 Å². The van der Waals surface area contributed by atoms with Crippen LogP contribution < -0.4 is 9.62 Å². The highest BCUT2D eigenvalue weighted by Crippen LogP contribution is 2.20. The smallest absolute Gasteiger partial charge is 0.324 e. The first kappa shape index (κ1) is 27.0. The summed E-state index contributed by atoms with van der Waals surface area (Å²) >= 11 is 0. The van der Waals surface area contributed by atoms with Crippen LogP contribution in [-0.4, -0.2) is 39.5 Å². The molecule has 2 aromatic carbocycles. The van der Waals surface area contributed by atoms with E-state index in [2.05, 4.69) is 4.72 Å². The van der Waals surface area contributed by atoms with Crippen molar-refractivity contribution in [2.45, 2.75) is 45.1 Å². The minimum absolute atomic E-state index is 0.0731. The number of carbonyl (C=O) groups is 2. The predicted octanol–water partition coefficient (Wildman–Crippen LogP) is 3.24. The molecule has 0 radical (unpaired) electrons. The van der Waals surface area contributed by atoms with Crippen molar-refractivity contribution in [1.82, 2.24) is 4.72 Å². The lowest BCUT2D eigenvalue weighted by Gasteiger charge is -2.24. The van der Waals surface area contributed by atoms with Crippen molar-refractivity contribution in [3.05, 3.63) is 59.4 Å². The number of sulfonamides is 1. The molecule has 10 heteroatoms. The molecule has 2 aromatic rings. The first-order valence-corrected chi connectivity index (χ1v) is 12.1. The number of nitriles is 1.